The topological polar surface area (TPSA) is 118 Å². The molecule has 8 nitrogen and oxygen atoms in total. The quantitative estimate of drug-likeness (QED) is 0.351. The first kappa shape index (κ1) is 24.0. The summed E-state index contributed by atoms with van der Waals surface area (Å²) in [6.45, 7) is 0. The van der Waals surface area contributed by atoms with Crippen molar-refractivity contribution < 1.29 is 31.3 Å². The van der Waals surface area contributed by atoms with Crippen molar-refractivity contribution in [3.05, 3.63) is 93.0 Å². The van der Waals surface area contributed by atoms with Crippen LogP contribution in [0.25, 0.3) is 0 Å². The number of non-ortho nitro benzene ring substituents is 1. The molecule has 0 aromatic heterocycles. The highest BCUT2D eigenvalue weighted by molar-refractivity contribution is 7.92. The zero-order chi connectivity index (χ0) is 24.4. The minimum atomic E-state index is -4.71. The van der Waals surface area contributed by atoms with Gasteiger partial charge in [0.2, 0.25) is 0 Å². The Kier molecular flexibility index (Phi) is 6.60. The molecular formula is C20H13ClF3N3O5S. The number of nitro benzene ring substituents is 1. The van der Waals surface area contributed by atoms with Crippen LogP contribution in [0.2, 0.25) is 5.02 Å². The number of nitrogens with zero attached hydrogens (tertiary/aromatic N) is 1. The lowest BCUT2D eigenvalue weighted by Gasteiger charge is -2.13. The van der Waals surface area contributed by atoms with Gasteiger partial charge in [-0.1, -0.05) is 23.7 Å². The summed E-state index contributed by atoms with van der Waals surface area (Å²) >= 11 is 5.84. The molecule has 3 aromatic carbocycles. The SMILES string of the molecule is O=C(Nc1cccc([N+](=O)[O-])c1)c1cccc(S(=O)(=O)Nc2cc(C(F)(F)F)ccc2Cl)c1. The first-order chi connectivity index (χ1) is 15.4. The molecule has 2 N–H and O–H groups in total. The predicted octanol–water partition coefficient (Wildman–Crippen LogP) is 5.32. The van der Waals surface area contributed by atoms with Gasteiger partial charge in [-0.3, -0.25) is 19.6 Å². The van der Waals surface area contributed by atoms with E-state index in [9.17, 15) is 36.5 Å². The molecular weight excluding hydrogens is 487 g/mol. The highest BCUT2D eigenvalue weighted by Crippen LogP contribution is 2.34. The highest BCUT2D eigenvalue weighted by atomic mass is 35.5. The average molecular weight is 500 g/mol. The van der Waals surface area contributed by atoms with E-state index in [2.05, 4.69) is 5.32 Å². The molecule has 0 fully saturated rings. The van der Waals surface area contributed by atoms with E-state index in [0.29, 0.717) is 12.1 Å². The number of halogens is 4. The molecule has 13 heteroatoms. The number of nitrogens with one attached hydrogen (secondary N) is 2. The monoisotopic (exact) mass is 499 g/mol. The second kappa shape index (κ2) is 9.08. The summed E-state index contributed by atoms with van der Waals surface area (Å²) in [6, 6.07) is 12.0. The molecule has 0 heterocycles. The van der Waals surface area contributed by atoms with Crippen LogP contribution in [0.1, 0.15) is 15.9 Å². The highest BCUT2D eigenvalue weighted by Gasteiger charge is 2.31. The van der Waals surface area contributed by atoms with Crippen LogP contribution in [-0.2, 0) is 16.2 Å². The molecule has 0 unspecified atom stereocenters. The van der Waals surface area contributed by atoms with Crippen molar-refractivity contribution in [3.63, 3.8) is 0 Å². The third-order valence-electron chi connectivity index (χ3n) is 4.26. The molecule has 0 aliphatic carbocycles. The number of alkyl halides is 3. The van der Waals surface area contributed by atoms with E-state index in [-0.39, 0.29) is 22.0 Å². The fourth-order valence-corrected chi connectivity index (χ4v) is 4.03. The summed E-state index contributed by atoms with van der Waals surface area (Å²) in [7, 11) is -4.42. The van der Waals surface area contributed by atoms with E-state index in [1.54, 1.807) is 0 Å². The number of rotatable bonds is 6. The van der Waals surface area contributed by atoms with Crippen LogP contribution < -0.4 is 10.0 Å². The summed E-state index contributed by atoms with van der Waals surface area (Å²) in [5.74, 6) is -0.760. The van der Waals surface area contributed by atoms with Crippen LogP contribution in [-0.4, -0.2) is 19.2 Å². The van der Waals surface area contributed by atoms with Crippen molar-refractivity contribution in [2.75, 3.05) is 10.0 Å². The smallest absolute Gasteiger partial charge is 0.322 e. The Bertz CT molecular complexity index is 1350. The van der Waals surface area contributed by atoms with Gasteiger partial charge in [-0.05, 0) is 42.5 Å². The number of hydrogen-bond donors (Lipinski definition) is 2. The third kappa shape index (κ3) is 5.79. The van der Waals surface area contributed by atoms with Crippen LogP contribution in [0, 0.1) is 10.1 Å². The van der Waals surface area contributed by atoms with Crippen LogP contribution in [0.4, 0.5) is 30.2 Å². The standard InChI is InChI=1S/C20H13ClF3N3O5S/c21-17-8-7-13(20(22,23)24)10-18(17)26-33(31,32)16-6-1-3-12(9-16)19(28)25-14-4-2-5-15(11-14)27(29)30/h1-11,26H,(H,25,28). The van der Waals surface area contributed by atoms with E-state index < -0.39 is 43.2 Å². The number of benzene rings is 3. The Morgan fingerprint density at radius 2 is 1.70 bits per heavy atom. The largest absolute Gasteiger partial charge is 0.416 e. The number of hydrogen-bond acceptors (Lipinski definition) is 5. The molecule has 0 saturated heterocycles. The molecule has 0 radical (unpaired) electrons. The van der Waals surface area contributed by atoms with Gasteiger partial charge in [0.25, 0.3) is 21.6 Å². The maximum atomic E-state index is 12.9. The van der Waals surface area contributed by atoms with Crippen molar-refractivity contribution in [1.29, 1.82) is 0 Å². The van der Waals surface area contributed by atoms with Gasteiger partial charge in [0, 0.05) is 23.4 Å². The minimum Gasteiger partial charge on any atom is -0.322 e. The van der Waals surface area contributed by atoms with Crippen LogP contribution in [0.5, 0.6) is 0 Å². The lowest BCUT2D eigenvalue weighted by Crippen LogP contribution is -2.16. The summed E-state index contributed by atoms with van der Waals surface area (Å²) in [4.78, 5) is 22.3. The number of amides is 1. The van der Waals surface area contributed by atoms with Crippen LogP contribution in [0.3, 0.4) is 0 Å². The molecule has 0 atom stereocenters. The van der Waals surface area contributed by atoms with Gasteiger partial charge in [-0.2, -0.15) is 13.2 Å². The van der Waals surface area contributed by atoms with Crippen molar-refractivity contribution in [2.45, 2.75) is 11.1 Å². The van der Waals surface area contributed by atoms with Gasteiger partial charge < -0.3 is 5.32 Å². The van der Waals surface area contributed by atoms with Crippen molar-refractivity contribution in [1.82, 2.24) is 0 Å². The zero-order valence-electron chi connectivity index (χ0n) is 16.3. The van der Waals surface area contributed by atoms with E-state index in [1.807, 2.05) is 4.72 Å². The van der Waals surface area contributed by atoms with Crippen LogP contribution in [0.15, 0.2) is 71.6 Å². The number of nitro groups is 1. The fraction of sp³-hybridized carbons (Fsp3) is 0.0500. The van der Waals surface area contributed by atoms with Crippen molar-refractivity contribution in [2.24, 2.45) is 0 Å². The minimum absolute atomic E-state index is 0.108. The van der Waals surface area contributed by atoms with E-state index in [0.717, 1.165) is 24.3 Å². The molecule has 0 saturated carbocycles. The maximum Gasteiger partial charge on any atom is 0.416 e. The van der Waals surface area contributed by atoms with Gasteiger partial charge in [0.15, 0.2) is 0 Å². The van der Waals surface area contributed by atoms with Gasteiger partial charge in [0.1, 0.15) is 0 Å². The normalized spacial score (nSPS) is 11.6. The Morgan fingerprint density at radius 1 is 1.00 bits per heavy atom. The van der Waals surface area contributed by atoms with Gasteiger partial charge in [0.05, 0.1) is 26.1 Å². The third-order valence-corrected chi connectivity index (χ3v) is 5.95. The van der Waals surface area contributed by atoms with Gasteiger partial charge in [-0.15, -0.1) is 0 Å². The molecule has 0 spiro atoms. The average Bonchev–Trinajstić information content (AvgIpc) is 2.74. The Labute approximate surface area is 190 Å². The van der Waals surface area contributed by atoms with E-state index >= 15 is 0 Å². The second-order valence-corrected chi connectivity index (χ2v) is 8.68. The Morgan fingerprint density at radius 3 is 2.36 bits per heavy atom. The number of carbonyl (C=O) groups excluding carboxylic acids is 1. The summed E-state index contributed by atoms with van der Waals surface area (Å²) in [5.41, 5.74) is -1.85. The Hall–Kier alpha value is -3.64. The summed E-state index contributed by atoms with van der Waals surface area (Å²) < 4.78 is 66.2. The summed E-state index contributed by atoms with van der Waals surface area (Å²) in [5, 5.41) is 13.0. The molecule has 172 valence electrons. The Balaban J connectivity index is 1.86. The fourth-order valence-electron chi connectivity index (χ4n) is 2.69. The van der Waals surface area contributed by atoms with Gasteiger partial charge in [-0.25, -0.2) is 8.42 Å². The molecule has 3 aromatic rings. The molecule has 3 rings (SSSR count). The molecule has 1 amide bonds. The number of carbonyl (C=O) groups is 1. The summed E-state index contributed by atoms with van der Waals surface area (Å²) in [6.07, 6.45) is -4.71. The maximum absolute atomic E-state index is 12.9. The molecule has 0 aliphatic heterocycles. The van der Waals surface area contributed by atoms with E-state index in [1.165, 1.54) is 30.3 Å². The molecule has 0 aliphatic rings. The number of sulfonamides is 1. The first-order valence-corrected chi connectivity index (χ1v) is 10.8. The van der Waals surface area contributed by atoms with Crippen LogP contribution >= 0.6 is 11.6 Å². The predicted molar refractivity (Wildman–Crippen MR) is 115 cm³/mol. The molecule has 0 bridgehead atoms. The zero-order valence-corrected chi connectivity index (χ0v) is 17.8. The van der Waals surface area contributed by atoms with Crippen molar-refractivity contribution >= 4 is 44.6 Å². The van der Waals surface area contributed by atoms with Crippen molar-refractivity contribution in [3.8, 4) is 0 Å². The van der Waals surface area contributed by atoms with E-state index in [4.69, 9.17) is 11.6 Å². The lowest BCUT2D eigenvalue weighted by atomic mass is 10.2. The van der Waals surface area contributed by atoms with Gasteiger partial charge >= 0.3 is 6.18 Å². The molecule has 33 heavy (non-hydrogen) atoms. The number of anilines is 2. The first-order valence-electron chi connectivity index (χ1n) is 8.92. The lowest BCUT2D eigenvalue weighted by molar-refractivity contribution is -0.384. The second-order valence-electron chi connectivity index (χ2n) is 6.59.